The van der Waals surface area contributed by atoms with Crippen LogP contribution in [0.2, 0.25) is 0 Å². The van der Waals surface area contributed by atoms with E-state index in [1.54, 1.807) is 0 Å². The van der Waals surface area contributed by atoms with Gasteiger partial charge in [0.05, 0.1) is 17.1 Å². The number of benzene rings is 5. The van der Waals surface area contributed by atoms with Crippen molar-refractivity contribution in [2.75, 3.05) is 4.81 Å². The van der Waals surface area contributed by atoms with Gasteiger partial charge in [-0.2, -0.15) is 0 Å². The molecule has 0 fully saturated rings. The number of aromatic nitrogens is 2. The summed E-state index contributed by atoms with van der Waals surface area (Å²) in [5, 5.41) is 0. The van der Waals surface area contributed by atoms with Crippen molar-refractivity contribution in [1.29, 1.82) is 0 Å². The van der Waals surface area contributed by atoms with Gasteiger partial charge in [-0.25, -0.2) is 4.98 Å². The number of pyridine rings is 2. The Bertz CT molecular complexity index is 2430. The minimum atomic E-state index is 0.154. The molecule has 7 aromatic rings. The third kappa shape index (κ3) is 4.68. The third-order valence-electron chi connectivity index (χ3n) is 10.4. The smallest absolute Gasteiger partial charge is 0.325 e. The third-order valence-corrected chi connectivity index (χ3v) is 10.4. The summed E-state index contributed by atoms with van der Waals surface area (Å²) in [5.74, 6) is 0. The molecule has 0 amide bonds. The molecule has 0 saturated carbocycles. The van der Waals surface area contributed by atoms with E-state index in [9.17, 15) is 0 Å². The molecule has 2 aromatic heterocycles. The van der Waals surface area contributed by atoms with Crippen LogP contribution in [-0.2, 0) is 0 Å². The van der Waals surface area contributed by atoms with E-state index in [0.29, 0.717) is 0 Å². The number of anilines is 2. The molecule has 0 spiro atoms. The molecule has 3 nitrogen and oxygen atoms in total. The van der Waals surface area contributed by atoms with Gasteiger partial charge in [0.15, 0.2) is 0 Å². The predicted molar refractivity (Wildman–Crippen MR) is 208 cm³/mol. The zero-order valence-corrected chi connectivity index (χ0v) is 27.5. The monoisotopic (exact) mass is 637 g/mol. The first-order valence-corrected chi connectivity index (χ1v) is 17.4. The molecule has 4 heterocycles. The standard InChI is InChI=1S/C46H32BN3/c1-3-13-31(14-4-1)33-22-24-45-38(27-33)36-17-7-9-19-40(36)47-41-20-10-8-18-37(41)39-28-34(23-25-46(39)50(45)47)35-29-43(32-15-5-2-6-16-32)49-44(30-35)42-21-11-12-26-48-42/h1-8,10-18,20-30H,9,19H2. The first kappa shape index (κ1) is 28.7. The average Bonchev–Trinajstić information content (AvgIpc) is 3.21. The Kier molecular flexibility index (Phi) is 6.73. The Morgan fingerprint density at radius 2 is 1.18 bits per heavy atom. The molecule has 4 heteroatoms. The Morgan fingerprint density at radius 1 is 0.500 bits per heavy atom. The summed E-state index contributed by atoms with van der Waals surface area (Å²) in [6.07, 6.45) is 8.67. The summed E-state index contributed by atoms with van der Waals surface area (Å²) in [5.41, 5.74) is 19.1. The van der Waals surface area contributed by atoms with Gasteiger partial charge in [-0.3, -0.25) is 4.98 Å². The number of nitrogens with zero attached hydrogens (tertiary/aromatic N) is 3. The van der Waals surface area contributed by atoms with Crippen LogP contribution >= 0.6 is 0 Å². The number of rotatable bonds is 4. The van der Waals surface area contributed by atoms with Crippen LogP contribution in [-0.4, -0.2) is 16.8 Å². The van der Waals surface area contributed by atoms with Crippen LogP contribution < -0.4 is 10.3 Å². The molecule has 0 unspecified atom stereocenters. The highest BCUT2D eigenvalue weighted by Gasteiger charge is 2.43. The lowest BCUT2D eigenvalue weighted by molar-refractivity contribution is 1.01. The maximum Gasteiger partial charge on any atom is 0.325 e. The van der Waals surface area contributed by atoms with Gasteiger partial charge in [0, 0.05) is 34.3 Å². The number of fused-ring (bicyclic) bond motifs is 10. The van der Waals surface area contributed by atoms with E-state index in [4.69, 9.17) is 4.98 Å². The largest absolute Gasteiger partial charge is 0.376 e. The zero-order chi connectivity index (χ0) is 33.0. The molecule has 1 aliphatic carbocycles. The highest BCUT2D eigenvalue weighted by Crippen LogP contribution is 2.50. The van der Waals surface area contributed by atoms with Crippen molar-refractivity contribution in [3.05, 3.63) is 181 Å². The number of hydrogen-bond acceptors (Lipinski definition) is 3. The Morgan fingerprint density at radius 3 is 1.98 bits per heavy atom. The molecule has 10 rings (SSSR count). The quantitative estimate of drug-likeness (QED) is 0.180. The van der Waals surface area contributed by atoms with Crippen LogP contribution in [0.5, 0.6) is 0 Å². The van der Waals surface area contributed by atoms with E-state index in [1.807, 2.05) is 30.5 Å². The number of allylic oxidation sites excluding steroid dienone is 4. The summed E-state index contributed by atoms with van der Waals surface area (Å²) in [6.45, 7) is 0.154. The van der Waals surface area contributed by atoms with Crippen molar-refractivity contribution < 1.29 is 0 Å². The highest BCUT2D eigenvalue weighted by atomic mass is 15.1. The molecule has 0 radical (unpaired) electrons. The normalized spacial score (nSPS) is 14.0. The molecule has 50 heavy (non-hydrogen) atoms. The van der Waals surface area contributed by atoms with E-state index in [2.05, 4.69) is 149 Å². The maximum absolute atomic E-state index is 5.09. The topological polar surface area (TPSA) is 29.0 Å². The summed E-state index contributed by atoms with van der Waals surface area (Å²) < 4.78 is 0. The second-order valence-corrected chi connectivity index (χ2v) is 13.3. The Hall–Kier alpha value is -6.26. The van der Waals surface area contributed by atoms with Crippen LogP contribution in [0.15, 0.2) is 175 Å². The number of hydrogen-bond donors (Lipinski definition) is 0. The fourth-order valence-electron chi connectivity index (χ4n) is 8.11. The van der Waals surface area contributed by atoms with Crippen molar-refractivity contribution in [2.24, 2.45) is 0 Å². The van der Waals surface area contributed by atoms with Gasteiger partial charge < -0.3 is 4.81 Å². The van der Waals surface area contributed by atoms with Gasteiger partial charge in [-0.15, -0.1) is 0 Å². The van der Waals surface area contributed by atoms with Gasteiger partial charge in [-0.1, -0.05) is 121 Å². The maximum atomic E-state index is 5.09. The lowest BCUT2D eigenvalue weighted by Crippen LogP contribution is -2.53. The van der Waals surface area contributed by atoms with Crippen LogP contribution in [0.4, 0.5) is 11.4 Å². The minimum absolute atomic E-state index is 0.154. The second kappa shape index (κ2) is 11.7. The molecule has 0 N–H and O–H groups in total. The average molecular weight is 638 g/mol. The SMILES string of the molecule is C1=CC2=C(CC1)B1c3ccccc3-c3cc(-c4cc(-c5ccccc5)nc(-c5ccccn5)c4)ccc3N1c1ccc(-c3ccccc3)cc12. The first-order chi connectivity index (χ1) is 24.8. The van der Waals surface area contributed by atoms with Gasteiger partial charge in [0.2, 0.25) is 0 Å². The molecule has 0 atom stereocenters. The van der Waals surface area contributed by atoms with Gasteiger partial charge in [0.1, 0.15) is 0 Å². The second-order valence-electron chi connectivity index (χ2n) is 13.3. The zero-order valence-electron chi connectivity index (χ0n) is 27.5. The first-order valence-electron chi connectivity index (χ1n) is 17.4. The molecular formula is C46H32BN3. The molecule has 5 aromatic carbocycles. The van der Waals surface area contributed by atoms with Crippen LogP contribution in [0.1, 0.15) is 18.4 Å². The fourth-order valence-corrected chi connectivity index (χ4v) is 8.11. The minimum Gasteiger partial charge on any atom is -0.376 e. The van der Waals surface area contributed by atoms with Crippen molar-refractivity contribution >= 4 is 29.3 Å². The van der Waals surface area contributed by atoms with Crippen molar-refractivity contribution in [3.8, 4) is 56.0 Å². The van der Waals surface area contributed by atoms with Crippen molar-refractivity contribution in [1.82, 2.24) is 9.97 Å². The fraction of sp³-hybridized carbons (Fsp3) is 0.0435. The van der Waals surface area contributed by atoms with Gasteiger partial charge in [-0.05, 0) is 100 Å². The lowest BCUT2D eigenvalue weighted by atomic mass is 9.41. The van der Waals surface area contributed by atoms with Crippen LogP contribution in [0.3, 0.4) is 0 Å². The molecule has 0 bridgehead atoms. The van der Waals surface area contributed by atoms with E-state index in [1.165, 1.54) is 55.7 Å². The van der Waals surface area contributed by atoms with Crippen molar-refractivity contribution in [3.63, 3.8) is 0 Å². The molecule has 234 valence electrons. The van der Waals surface area contributed by atoms with E-state index in [-0.39, 0.29) is 6.85 Å². The van der Waals surface area contributed by atoms with Crippen LogP contribution in [0.25, 0.3) is 61.6 Å². The predicted octanol–water partition coefficient (Wildman–Crippen LogP) is 10.8. The Labute approximate surface area is 293 Å². The van der Waals surface area contributed by atoms with Gasteiger partial charge in [0.25, 0.3) is 0 Å². The van der Waals surface area contributed by atoms with E-state index >= 15 is 0 Å². The molecule has 3 aliphatic rings. The summed E-state index contributed by atoms with van der Waals surface area (Å²) >= 11 is 0. The lowest BCUT2D eigenvalue weighted by Gasteiger charge is -2.45. The highest BCUT2D eigenvalue weighted by molar-refractivity contribution is 6.87. The van der Waals surface area contributed by atoms with Crippen LogP contribution in [0, 0.1) is 0 Å². The summed E-state index contributed by atoms with van der Waals surface area (Å²) in [4.78, 5) is 12.4. The summed E-state index contributed by atoms with van der Waals surface area (Å²) in [6, 6.07) is 54.7. The van der Waals surface area contributed by atoms with Gasteiger partial charge >= 0.3 is 6.85 Å². The van der Waals surface area contributed by atoms with E-state index < -0.39 is 0 Å². The van der Waals surface area contributed by atoms with E-state index in [0.717, 1.165) is 46.6 Å². The molecular weight excluding hydrogens is 605 g/mol. The summed E-state index contributed by atoms with van der Waals surface area (Å²) in [7, 11) is 0. The van der Waals surface area contributed by atoms with Crippen molar-refractivity contribution in [2.45, 2.75) is 12.8 Å². The molecule has 2 aliphatic heterocycles. The molecule has 0 saturated heterocycles. The Balaban J connectivity index is 1.17.